The fourth-order valence-electron chi connectivity index (χ4n) is 2.94. The number of benzene rings is 1. The number of esters is 1. The van der Waals surface area contributed by atoms with Crippen LogP contribution in [0.25, 0.3) is 0 Å². The lowest BCUT2D eigenvalue weighted by molar-refractivity contribution is -0.146. The third-order valence-corrected chi connectivity index (χ3v) is 4.66. The minimum Gasteiger partial charge on any atom is -0.469 e. The normalized spacial score (nSPS) is 15.0. The Morgan fingerprint density at radius 3 is 2.77 bits per heavy atom. The SMILES string of the molecule is COC(=O)C1CCN(c2ncnc(Nc3ccc(F)c(Cl)c3)c2N)CC1. The molecule has 1 aliphatic rings. The average Bonchev–Trinajstić information content (AvgIpc) is 2.66. The molecule has 26 heavy (non-hydrogen) atoms. The van der Waals surface area contributed by atoms with Crippen molar-refractivity contribution in [1.29, 1.82) is 0 Å². The molecular weight excluding hydrogens is 361 g/mol. The van der Waals surface area contributed by atoms with Gasteiger partial charge in [-0.15, -0.1) is 0 Å². The number of rotatable bonds is 4. The topological polar surface area (TPSA) is 93.4 Å². The molecule has 2 aromatic rings. The summed E-state index contributed by atoms with van der Waals surface area (Å²) >= 11 is 5.80. The Morgan fingerprint density at radius 1 is 1.38 bits per heavy atom. The van der Waals surface area contributed by atoms with Crippen molar-refractivity contribution in [2.75, 3.05) is 36.1 Å². The number of piperidine rings is 1. The largest absolute Gasteiger partial charge is 0.469 e. The number of nitrogens with zero attached hydrogens (tertiary/aromatic N) is 3. The predicted molar refractivity (Wildman–Crippen MR) is 98.1 cm³/mol. The number of methoxy groups -OCH3 is 1. The van der Waals surface area contributed by atoms with Crippen LogP contribution in [0.2, 0.25) is 5.02 Å². The van der Waals surface area contributed by atoms with E-state index >= 15 is 0 Å². The molecule has 1 aromatic carbocycles. The summed E-state index contributed by atoms with van der Waals surface area (Å²) in [5.41, 5.74) is 7.17. The molecule has 1 aliphatic heterocycles. The van der Waals surface area contributed by atoms with Gasteiger partial charge in [0.05, 0.1) is 18.1 Å². The second kappa shape index (κ2) is 7.74. The summed E-state index contributed by atoms with van der Waals surface area (Å²) in [7, 11) is 1.40. The van der Waals surface area contributed by atoms with E-state index in [1.54, 1.807) is 6.07 Å². The van der Waals surface area contributed by atoms with Crippen molar-refractivity contribution in [2.45, 2.75) is 12.8 Å². The van der Waals surface area contributed by atoms with Gasteiger partial charge in [-0.25, -0.2) is 14.4 Å². The molecule has 0 bridgehead atoms. The Bertz CT molecular complexity index is 812. The van der Waals surface area contributed by atoms with Crippen LogP contribution >= 0.6 is 11.6 Å². The summed E-state index contributed by atoms with van der Waals surface area (Å²) in [5.74, 6) is 0.225. The predicted octanol–water partition coefficient (Wildman–Crippen LogP) is 2.98. The van der Waals surface area contributed by atoms with Crippen LogP contribution in [-0.4, -0.2) is 36.1 Å². The molecule has 0 saturated carbocycles. The van der Waals surface area contributed by atoms with Gasteiger partial charge in [-0.2, -0.15) is 0 Å². The van der Waals surface area contributed by atoms with Crippen molar-refractivity contribution in [2.24, 2.45) is 5.92 Å². The highest BCUT2D eigenvalue weighted by atomic mass is 35.5. The molecule has 1 saturated heterocycles. The van der Waals surface area contributed by atoms with Crippen molar-refractivity contribution in [3.05, 3.63) is 35.4 Å². The molecule has 138 valence electrons. The standard InChI is InChI=1S/C17H19ClFN5O2/c1-26-17(25)10-4-6-24(7-5-10)16-14(20)15(21-9-22-16)23-11-2-3-13(19)12(18)8-11/h2-3,8-10H,4-7,20H2,1H3,(H,21,22,23). The molecule has 9 heteroatoms. The number of hydrogen-bond acceptors (Lipinski definition) is 7. The van der Waals surface area contributed by atoms with E-state index in [-0.39, 0.29) is 16.9 Å². The fraction of sp³-hybridized carbons (Fsp3) is 0.353. The van der Waals surface area contributed by atoms with Gasteiger partial charge < -0.3 is 20.7 Å². The Balaban J connectivity index is 1.75. The molecule has 0 spiro atoms. The minimum absolute atomic E-state index is 0.00716. The van der Waals surface area contributed by atoms with Gasteiger partial charge in [-0.3, -0.25) is 4.79 Å². The van der Waals surface area contributed by atoms with Crippen LogP contribution in [0.3, 0.4) is 0 Å². The van der Waals surface area contributed by atoms with Crippen molar-refractivity contribution in [1.82, 2.24) is 9.97 Å². The number of carbonyl (C=O) groups is 1. The number of hydrogen-bond donors (Lipinski definition) is 2. The molecule has 3 N–H and O–H groups in total. The van der Waals surface area contributed by atoms with E-state index in [2.05, 4.69) is 15.3 Å². The van der Waals surface area contributed by atoms with Crippen molar-refractivity contribution in [3.63, 3.8) is 0 Å². The van der Waals surface area contributed by atoms with Gasteiger partial charge in [0, 0.05) is 18.8 Å². The first-order chi connectivity index (χ1) is 12.5. The number of nitrogens with two attached hydrogens (primary N) is 1. The maximum Gasteiger partial charge on any atom is 0.308 e. The zero-order valence-electron chi connectivity index (χ0n) is 14.2. The molecule has 0 aliphatic carbocycles. The Kier molecular flexibility index (Phi) is 5.41. The number of nitrogens with one attached hydrogen (secondary N) is 1. The van der Waals surface area contributed by atoms with E-state index in [4.69, 9.17) is 22.1 Å². The molecule has 7 nitrogen and oxygen atoms in total. The van der Waals surface area contributed by atoms with Crippen LogP contribution < -0.4 is 16.0 Å². The van der Waals surface area contributed by atoms with E-state index in [0.29, 0.717) is 48.9 Å². The maximum atomic E-state index is 13.3. The Labute approximate surface area is 155 Å². The van der Waals surface area contributed by atoms with Gasteiger partial charge >= 0.3 is 5.97 Å². The molecular formula is C17H19ClFN5O2. The van der Waals surface area contributed by atoms with Gasteiger partial charge in [0.1, 0.15) is 17.8 Å². The fourth-order valence-corrected chi connectivity index (χ4v) is 3.12. The summed E-state index contributed by atoms with van der Waals surface area (Å²) in [6.45, 7) is 1.28. The molecule has 0 radical (unpaired) electrons. The first-order valence-corrected chi connectivity index (χ1v) is 8.52. The lowest BCUT2D eigenvalue weighted by Crippen LogP contribution is -2.37. The monoisotopic (exact) mass is 379 g/mol. The van der Waals surface area contributed by atoms with Gasteiger partial charge in [0.2, 0.25) is 0 Å². The van der Waals surface area contributed by atoms with Crippen molar-refractivity contribution < 1.29 is 13.9 Å². The summed E-state index contributed by atoms with van der Waals surface area (Å²) in [4.78, 5) is 22.1. The number of carbonyl (C=O) groups excluding carboxylic acids is 1. The number of nitrogen functional groups attached to an aromatic ring is 1. The van der Waals surface area contributed by atoms with Crippen LogP contribution in [0, 0.1) is 11.7 Å². The smallest absolute Gasteiger partial charge is 0.308 e. The van der Waals surface area contributed by atoms with E-state index in [1.165, 1.54) is 25.6 Å². The van der Waals surface area contributed by atoms with Crippen LogP contribution in [0.15, 0.2) is 24.5 Å². The van der Waals surface area contributed by atoms with Gasteiger partial charge in [0.15, 0.2) is 11.6 Å². The molecule has 0 unspecified atom stereocenters. The number of halogens is 2. The van der Waals surface area contributed by atoms with Gasteiger partial charge in [-0.05, 0) is 31.0 Å². The summed E-state index contributed by atoms with van der Waals surface area (Å²) < 4.78 is 18.1. The van der Waals surface area contributed by atoms with Crippen LogP contribution in [0.4, 0.5) is 27.4 Å². The quantitative estimate of drug-likeness (QED) is 0.788. The average molecular weight is 380 g/mol. The lowest BCUT2D eigenvalue weighted by atomic mass is 9.97. The Morgan fingerprint density at radius 2 is 2.12 bits per heavy atom. The van der Waals surface area contributed by atoms with Crippen LogP contribution in [-0.2, 0) is 9.53 Å². The summed E-state index contributed by atoms with van der Waals surface area (Å²) in [6.07, 6.45) is 2.75. The number of ether oxygens (including phenoxy) is 1. The molecule has 0 atom stereocenters. The number of anilines is 4. The van der Waals surface area contributed by atoms with E-state index in [9.17, 15) is 9.18 Å². The molecule has 1 fully saturated rings. The van der Waals surface area contributed by atoms with Crippen LogP contribution in [0.1, 0.15) is 12.8 Å². The third-order valence-electron chi connectivity index (χ3n) is 4.37. The molecule has 3 rings (SSSR count). The second-order valence-electron chi connectivity index (χ2n) is 6.00. The van der Waals surface area contributed by atoms with E-state index in [1.807, 2.05) is 4.90 Å². The van der Waals surface area contributed by atoms with Crippen molar-refractivity contribution in [3.8, 4) is 0 Å². The number of aromatic nitrogens is 2. The molecule has 1 aromatic heterocycles. The van der Waals surface area contributed by atoms with Gasteiger partial charge in [-0.1, -0.05) is 11.6 Å². The second-order valence-corrected chi connectivity index (χ2v) is 6.41. The van der Waals surface area contributed by atoms with Crippen LogP contribution in [0.5, 0.6) is 0 Å². The van der Waals surface area contributed by atoms with E-state index in [0.717, 1.165) is 0 Å². The zero-order chi connectivity index (χ0) is 18.7. The first-order valence-electron chi connectivity index (χ1n) is 8.15. The zero-order valence-corrected chi connectivity index (χ0v) is 15.0. The first kappa shape index (κ1) is 18.2. The summed E-state index contributed by atoms with van der Waals surface area (Å²) in [5, 5.41) is 3.04. The third kappa shape index (κ3) is 3.80. The van der Waals surface area contributed by atoms with Crippen molar-refractivity contribution >= 4 is 40.6 Å². The highest BCUT2D eigenvalue weighted by Gasteiger charge is 2.27. The minimum atomic E-state index is -0.498. The summed E-state index contributed by atoms with van der Waals surface area (Å²) in [6, 6.07) is 4.27. The lowest BCUT2D eigenvalue weighted by Gasteiger charge is -2.32. The highest BCUT2D eigenvalue weighted by Crippen LogP contribution is 2.32. The van der Waals surface area contributed by atoms with E-state index < -0.39 is 5.82 Å². The Hall–Kier alpha value is -2.61. The molecule has 0 amide bonds. The molecule has 2 heterocycles. The maximum absolute atomic E-state index is 13.3. The van der Waals surface area contributed by atoms with Gasteiger partial charge in [0.25, 0.3) is 0 Å². The highest BCUT2D eigenvalue weighted by molar-refractivity contribution is 6.31.